The molecule has 6 heteroatoms. The molecule has 1 rings (SSSR count). The van der Waals surface area contributed by atoms with Crippen LogP contribution in [0.4, 0.5) is 4.39 Å². The number of hydrogen-bond donors (Lipinski definition) is 2. The SMILES string of the molecule is COc1ccc([C@@H](NC(C)=O)C(=O)O)cc1F. The number of rotatable bonds is 4. The molecule has 5 nitrogen and oxygen atoms in total. The van der Waals surface area contributed by atoms with E-state index in [1.54, 1.807) is 0 Å². The number of carbonyl (C=O) groups excluding carboxylic acids is 1. The van der Waals surface area contributed by atoms with Crippen LogP contribution in [0.2, 0.25) is 0 Å². The summed E-state index contributed by atoms with van der Waals surface area (Å²) in [6.07, 6.45) is 0. The maximum Gasteiger partial charge on any atom is 0.330 e. The van der Waals surface area contributed by atoms with Crippen molar-refractivity contribution in [2.45, 2.75) is 13.0 Å². The molecule has 2 N–H and O–H groups in total. The molecule has 0 fully saturated rings. The summed E-state index contributed by atoms with van der Waals surface area (Å²) in [5.41, 5.74) is 0.144. The van der Waals surface area contributed by atoms with E-state index < -0.39 is 23.7 Å². The largest absolute Gasteiger partial charge is 0.494 e. The van der Waals surface area contributed by atoms with Gasteiger partial charge in [-0.2, -0.15) is 0 Å². The second kappa shape index (κ2) is 5.29. The Morgan fingerprint density at radius 2 is 2.12 bits per heavy atom. The van der Waals surface area contributed by atoms with Crippen molar-refractivity contribution in [3.05, 3.63) is 29.6 Å². The topological polar surface area (TPSA) is 75.6 Å². The van der Waals surface area contributed by atoms with Gasteiger partial charge in [-0.15, -0.1) is 0 Å². The summed E-state index contributed by atoms with van der Waals surface area (Å²) in [7, 11) is 1.31. The number of halogens is 1. The fraction of sp³-hybridized carbons (Fsp3) is 0.273. The molecule has 0 aromatic heterocycles. The highest BCUT2D eigenvalue weighted by molar-refractivity contribution is 5.83. The molecule has 92 valence electrons. The third-order valence-corrected chi connectivity index (χ3v) is 2.10. The number of methoxy groups -OCH3 is 1. The van der Waals surface area contributed by atoms with E-state index in [4.69, 9.17) is 9.84 Å². The molecule has 1 amide bonds. The summed E-state index contributed by atoms with van der Waals surface area (Å²) in [6.45, 7) is 1.19. The van der Waals surface area contributed by atoms with Crippen molar-refractivity contribution >= 4 is 11.9 Å². The molecule has 1 aromatic rings. The summed E-state index contributed by atoms with van der Waals surface area (Å²) in [5, 5.41) is 11.1. The molecular formula is C11H12FNO4. The third-order valence-electron chi connectivity index (χ3n) is 2.10. The molecule has 0 spiro atoms. The van der Waals surface area contributed by atoms with Gasteiger partial charge in [0.2, 0.25) is 5.91 Å². The van der Waals surface area contributed by atoms with E-state index in [0.717, 1.165) is 6.07 Å². The first-order valence-corrected chi connectivity index (χ1v) is 4.79. The van der Waals surface area contributed by atoms with Crippen molar-refractivity contribution in [2.24, 2.45) is 0 Å². The molecule has 0 heterocycles. The van der Waals surface area contributed by atoms with E-state index in [1.807, 2.05) is 0 Å². The molecule has 17 heavy (non-hydrogen) atoms. The highest BCUT2D eigenvalue weighted by Crippen LogP contribution is 2.22. The predicted molar refractivity (Wildman–Crippen MR) is 57.1 cm³/mol. The van der Waals surface area contributed by atoms with Crippen LogP contribution in [0.25, 0.3) is 0 Å². The van der Waals surface area contributed by atoms with Crippen molar-refractivity contribution in [1.29, 1.82) is 0 Å². The first-order valence-electron chi connectivity index (χ1n) is 4.79. The number of carboxylic acids is 1. The van der Waals surface area contributed by atoms with Gasteiger partial charge < -0.3 is 15.2 Å². The number of benzene rings is 1. The zero-order valence-electron chi connectivity index (χ0n) is 9.36. The van der Waals surface area contributed by atoms with Crippen LogP contribution < -0.4 is 10.1 Å². The molecule has 1 atom stereocenters. The minimum atomic E-state index is -1.27. The summed E-state index contributed by atoms with van der Waals surface area (Å²) in [4.78, 5) is 21.8. The maximum absolute atomic E-state index is 13.4. The van der Waals surface area contributed by atoms with E-state index in [-0.39, 0.29) is 11.3 Å². The van der Waals surface area contributed by atoms with E-state index in [0.29, 0.717) is 0 Å². The van der Waals surface area contributed by atoms with Crippen LogP contribution in [0.3, 0.4) is 0 Å². The number of nitrogens with one attached hydrogen (secondary N) is 1. The van der Waals surface area contributed by atoms with Crippen LogP contribution in [-0.4, -0.2) is 24.1 Å². The van der Waals surface area contributed by atoms with Gasteiger partial charge in [-0.05, 0) is 17.7 Å². The molecule has 0 unspecified atom stereocenters. The number of ether oxygens (including phenoxy) is 1. The van der Waals surface area contributed by atoms with Gasteiger partial charge in [0.25, 0.3) is 0 Å². The zero-order valence-corrected chi connectivity index (χ0v) is 9.36. The number of hydrogen-bond acceptors (Lipinski definition) is 3. The fourth-order valence-electron chi connectivity index (χ4n) is 1.35. The van der Waals surface area contributed by atoms with Crippen LogP contribution in [0.5, 0.6) is 5.75 Å². The van der Waals surface area contributed by atoms with Crippen LogP contribution in [0.15, 0.2) is 18.2 Å². The van der Waals surface area contributed by atoms with Crippen LogP contribution in [-0.2, 0) is 9.59 Å². The lowest BCUT2D eigenvalue weighted by molar-refractivity contribution is -0.141. The lowest BCUT2D eigenvalue weighted by Gasteiger charge is -2.14. The van der Waals surface area contributed by atoms with Gasteiger partial charge in [0.05, 0.1) is 7.11 Å². The number of aliphatic carboxylic acids is 1. The summed E-state index contributed by atoms with van der Waals surface area (Å²) >= 11 is 0. The third kappa shape index (κ3) is 3.17. The standard InChI is InChI=1S/C11H12FNO4/c1-6(14)13-10(11(15)16)7-3-4-9(17-2)8(12)5-7/h3-5,10H,1-2H3,(H,13,14)(H,15,16)/t10-/m1/s1. The van der Waals surface area contributed by atoms with Crippen molar-refractivity contribution in [3.8, 4) is 5.75 Å². The van der Waals surface area contributed by atoms with Gasteiger partial charge >= 0.3 is 5.97 Å². The van der Waals surface area contributed by atoms with Crippen molar-refractivity contribution < 1.29 is 23.8 Å². The van der Waals surface area contributed by atoms with Crippen molar-refractivity contribution in [3.63, 3.8) is 0 Å². The Balaban J connectivity index is 3.06. The predicted octanol–water partition coefficient (Wildman–Crippen LogP) is 1.10. The number of carboxylic acid groups (broad SMARTS) is 1. The Bertz CT molecular complexity index is 447. The first kappa shape index (κ1) is 13.0. The van der Waals surface area contributed by atoms with Crippen LogP contribution in [0.1, 0.15) is 18.5 Å². The molecular weight excluding hydrogens is 229 g/mol. The Kier molecular flexibility index (Phi) is 4.03. The Hall–Kier alpha value is -2.11. The second-order valence-electron chi connectivity index (χ2n) is 3.37. The number of carbonyl (C=O) groups is 2. The fourth-order valence-corrected chi connectivity index (χ4v) is 1.35. The van der Waals surface area contributed by atoms with E-state index >= 15 is 0 Å². The Morgan fingerprint density at radius 3 is 2.53 bits per heavy atom. The normalized spacial score (nSPS) is 11.7. The highest BCUT2D eigenvalue weighted by atomic mass is 19.1. The van der Waals surface area contributed by atoms with E-state index in [2.05, 4.69) is 5.32 Å². The maximum atomic E-state index is 13.4. The molecule has 0 saturated heterocycles. The summed E-state index contributed by atoms with van der Waals surface area (Å²) < 4.78 is 18.1. The molecule has 0 aliphatic heterocycles. The van der Waals surface area contributed by atoms with Gasteiger partial charge in [0.15, 0.2) is 17.6 Å². The summed E-state index contributed by atoms with van der Waals surface area (Å²) in [6, 6.07) is 2.44. The van der Waals surface area contributed by atoms with Gasteiger partial charge in [-0.25, -0.2) is 9.18 Å². The lowest BCUT2D eigenvalue weighted by Crippen LogP contribution is -2.32. The van der Waals surface area contributed by atoms with Crippen molar-refractivity contribution in [2.75, 3.05) is 7.11 Å². The monoisotopic (exact) mass is 241 g/mol. The van der Waals surface area contributed by atoms with Gasteiger partial charge in [0.1, 0.15) is 0 Å². The second-order valence-corrected chi connectivity index (χ2v) is 3.37. The molecule has 0 bridgehead atoms. The van der Waals surface area contributed by atoms with Crippen LogP contribution in [0, 0.1) is 5.82 Å². The molecule has 0 radical (unpaired) electrons. The lowest BCUT2D eigenvalue weighted by atomic mass is 10.1. The van der Waals surface area contributed by atoms with E-state index in [9.17, 15) is 14.0 Å². The minimum absolute atomic E-state index is 0.0145. The first-order chi connectivity index (χ1) is 7.95. The molecule has 0 saturated carbocycles. The Morgan fingerprint density at radius 1 is 1.47 bits per heavy atom. The Labute approximate surface area is 97.2 Å². The van der Waals surface area contributed by atoms with Crippen LogP contribution >= 0.6 is 0 Å². The van der Waals surface area contributed by atoms with Crippen molar-refractivity contribution in [1.82, 2.24) is 5.32 Å². The average Bonchev–Trinajstić information content (AvgIpc) is 2.25. The van der Waals surface area contributed by atoms with E-state index in [1.165, 1.54) is 26.2 Å². The smallest absolute Gasteiger partial charge is 0.330 e. The quantitative estimate of drug-likeness (QED) is 0.827. The zero-order chi connectivity index (χ0) is 13.0. The molecule has 0 aliphatic rings. The average molecular weight is 241 g/mol. The highest BCUT2D eigenvalue weighted by Gasteiger charge is 2.21. The van der Waals surface area contributed by atoms with Gasteiger partial charge in [-0.3, -0.25) is 4.79 Å². The molecule has 0 aliphatic carbocycles. The molecule has 1 aromatic carbocycles. The summed E-state index contributed by atoms with van der Waals surface area (Å²) in [5.74, 6) is -2.43. The minimum Gasteiger partial charge on any atom is -0.494 e. The van der Waals surface area contributed by atoms with Gasteiger partial charge in [0, 0.05) is 6.92 Å². The van der Waals surface area contributed by atoms with Gasteiger partial charge in [-0.1, -0.05) is 6.07 Å². The number of amides is 1.